The molecule has 0 fully saturated rings. The first kappa shape index (κ1) is 17.7. The van der Waals surface area contributed by atoms with Gasteiger partial charge in [-0.15, -0.1) is 10.2 Å². The molecule has 0 aliphatic carbocycles. The number of nitrogens with zero attached hydrogens (tertiary/aromatic N) is 5. The van der Waals surface area contributed by atoms with Crippen molar-refractivity contribution >= 4 is 34.3 Å². The summed E-state index contributed by atoms with van der Waals surface area (Å²) < 4.78 is 21.4. The summed E-state index contributed by atoms with van der Waals surface area (Å²) in [5, 5.41) is 10.7. The SMILES string of the molecule is Cn1c(COc2ccccc2Cl)nnc1Sc1ncnc2c(F)cccc12. The van der Waals surface area contributed by atoms with Gasteiger partial charge in [-0.2, -0.15) is 0 Å². The summed E-state index contributed by atoms with van der Waals surface area (Å²) in [6.45, 7) is 0.215. The molecule has 4 aromatic rings. The first-order valence-corrected chi connectivity index (χ1v) is 9.15. The minimum Gasteiger partial charge on any atom is -0.484 e. The molecule has 0 saturated heterocycles. The highest BCUT2D eigenvalue weighted by molar-refractivity contribution is 7.99. The fourth-order valence-electron chi connectivity index (χ4n) is 2.46. The molecule has 4 rings (SSSR count). The Morgan fingerprint density at radius 1 is 1.11 bits per heavy atom. The number of ether oxygens (including phenoxy) is 1. The van der Waals surface area contributed by atoms with Gasteiger partial charge >= 0.3 is 0 Å². The van der Waals surface area contributed by atoms with E-state index in [0.29, 0.717) is 32.2 Å². The minimum absolute atomic E-state index is 0.215. The lowest BCUT2D eigenvalue weighted by atomic mass is 10.2. The lowest BCUT2D eigenvalue weighted by Gasteiger charge is -2.08. The minimum atomic E-state index is -0.386. The Labute approximate surface area is 163 Å². The van der Waals surface area contributed by atoms with Crippen LogP contribution < -0.4 is 4.74 Å². The Morgan fingerprint density at radius 2 is 1.96 bits per heavy atom. The molecule has 0 saturated carbocycles. The molecule has 2 aromatic heterocycles. The van der Waals surface area contributed by atoms with E-state index in [0.717, 1.165) is 0 Å². The van der Waals surface area contributed by atoms with Gasteiger partial charge in [-0.1, -0.05) is 29.8 Å². The Balaban J connectivity index is 1.57. The van der Waals surface area contributed by atoms with Crippen molar-refractivity contribution in [3.63, 3.8) is 0 Å². The summed E-state index contributed by atoms with van der Waals surface area (Å²) in [5.41, 5.74) is 0.277. The summed E-state index contributed by atoms with van der Waals surface area (Å²) in [6.07, 6.45) is 1.34. The van der Waals surface area contributed by atoms with Crippen LogP contribution in [0.3, 0.4) is 0 Å². The normalized spacial score (nSPS) is 11.1. The quantitative estimate of drug-likeness (QED) is 0.465. The molecule has 0 amide bonds. The van der Waals surface area contributed by atoms with Gasteiger partial charge in [-0.3, -0.25) is 0 Å². The standard InChI is InChI=1S/C18H13ClFN5OS/c1-25-15(9-26-14-8-3-2-6-12(14)19)23-24-18(25)27-17-11-5-4-7-13(20)16(11)21-10-22-17/h2-8,10H,9H2,1H3. The molecule has 0 aliphatic rings. The van der Waals surface area contributed by atoms with E-state index in [-0.39, 0.29) is 17.9 Å². The average Bonchev–Trinajstić information content (AvgIpc) is 3.02. The van der Waals surface area contributed by atoms with Gasteiger partial charge in [-0.05, 0) is 36.0 Å². The average molecular weight is 402 g/mol. The van der Waals surface area contributed by atoms with E-state index in [4.69, 9.17) is 16.3 Å². The zero-order valence-electron chi connectivity index (χ0n) is 14.1. The van der Waals surface area contributed by atoms with Gasteiger partial charge in [0.2, 0.25) is 0 Å². The van der Waals surface area contributed by atoms with E-state index in [1.54, 1.807) is 28.8 Å². The topological polar surface area (TPSA) is 65.7 Å². The van der Waals surface area contributed by atoms with E-state index in [1.807, 2.05) is 19.2 Å². The molecule has 0 unspecified atom stereocenters. The highest BCUT2D eigenvalue weighted by Gasteiger charge is 2.15. The third-order valence-corrected chi connectivity index (χ3v) is 5.25. The van der Waals surface area contributed by atoms with Gasteiger partial charge in [0.15, 0.2) is 11.0 Å². The Morgan fingerprint density at radius 3 is 2.81 bits per heavy atom. The summed E-state index contributed by atoms with van der Waals surface area (Å²) in [4.78, 5) is 8.26. The third-order valence-electron chi connectivity index (χ3n) is 3.89. The molecule has 0 radical (unpaired) electrons. The van der Waals surface area contributed by atoms with Crippen molar-refractivity contribution in [1.82, 2.24) is 24.7 Å². The maximum absolute atomic E-state index is 13.9. The number of aromatic nitrogens is 5. The lowest BCUT2D eigenvalue weighted by Crippen LogP contribution is -2.04. The van der Waals surface area contributed by atoms with Crippen molar-refractivity contribution in [2.24, 2.45) is 7.05 Å². The molecule has 0 aliphatic heterocycles. The number of fused-ring (bicyclic) bond motifs is 1. The zero-order valence-corrected chi connectivity index (χ0v) is 15.7. The second-order valence-corrected chi connectivity index (χ2v) is 6.96. The molecule has 2 heterocycles. The van der Waals surface area contributed by atoms with Gasteiger partial charge in [0.05, 0.1) is 5.02 Å². The van der Waals surface area contributed by atoms with Crippen LogP contribution in [0, 0.1) is 5.82 Å². The molecular weight excluding hydrogens is 389 g/mol. The van der Waals surface area contributed by atoms with E-state index >= 15 is 0 Å². The van der Waals surface area contributed by atoms with Crippen molar-refractivity contribution < 1.29 is 9.13 Å². The van der Waals surface area contributed by atoms with Crippen LogP contribution in [0.15, 0.2) is 59.0 Å². The largest absolute Gasteiger partial charge is 0.484 e. The third kappa shape index (κ3) is 3.58. The van der Waals surface area contributed by atoms with Crippen molar-refractivity contribution in [1.29, 1.82) is 0 Å². The molecule has 27 heavy (non-hydrogen) atoms. The first-order chi connectivity index (χ1) is 13.1. The monoisotopic (exact) mass is 401 g/mol. The number of para-hydroxylation sites is 2. The molecule has 2 aromatic carbocycles. The van der Waals surface area contributed by atoms with Gasteiger partial charge in [0, 0.05) is 12.4 Å². The number of rotatable bonds is 5. The van der Waals surface area contributed by atoms with Crippen LogP contribution in [-0.2, 0) is 13.7 Å². The Hall–Kier alpha value is -2.71. The number of hydrogen-bond donors (Lipinski definition) is 0. The van der Waals surface area contributed by atoms with E-state index in [9.17, 15) is 4.39 Å². The Bertz CT molecular complexity index is 1120. The van der Waals surface area contributed by atoms with Crippen molar-refractivity contribution in [3.05, 3.63) is 65.5 Å². The first-order valence-electron chi connectivity index (χ1n) is 7.96. The van der Waals surface area contributed by atoms with Crippen LogP contribution in [0.1, 0.15) is 5.82 Å². The molecule has 0 atom stereocenters. The van der Waals surface area contributed by atoms with Crippen molar-refractivity contribution in [2.75, 3.05) is 0 Å². The van der Waals surface area contributed by atoms with Gasteiger partial charge in [0.25, 0.3) is 0 Å². The smallest absolute Gasteiger partial charge is 0.197 e. The second-order valence-electron chi connectivity index (χ2n) is 5.59. The van der Waals surface area contributed by atoms with Gasteiger partial charge in [0.1, 0.15) is 35.0 Å². The number of halogens is 2. The van der Waals surface area contributed by atoms with Crippen LogP contribution in [0.2, 0.25) is 5.02 Å². The predicted octanol–water partition coefficient (Wildman–Crippen LogP) is 4.28. The van der Waals surface area contributed by atoms with Crippen molar-refractivity contribution in [3.8, 4) is 5.75 Å². The fourth-order valence-corrected chi connectivity index (χ4v) is 3.52. The molecular formula is C18H13ClFN5OS. The molecule has 0 N–H and O–H groups in total. The summed E-state index contributed by atoms with van der Waals surface area (Å²) in [7, 11) is 1.83. The molecule has 9 heteroatoms. The highest BCUT2D eigenvalue weighted by Crippen LogP contribution is 2.31. The van der Waals surface area contributed by atoms with E-state index in [2.05, 4.69) is 20.2 Å². The van der Waals surface area contributed by atoms with Crippen LogP contribution in [0.25, 0.3) is 10.9 Å². The zero-order chi connectivity index (χ0) is 18.8. The van der Waals surface area contributed by atoms with Crippen LogP contribution in [0.4, 0.5) is 4.39 Å². The van der Waals surface area contributed by atoms with E-state index < -0.39 is 0 Å². The number of hydrogen-bond acceptors (Lipinski definition) is 6. The molecule has 6 nitrogen and oxygen atoms in total. The Kier molecular flexibility index (Phi) is 4.91. The fraction of sp³-hybridized carbons (Fsp3) is 0.111. The molecule has 0 spiro atoms. The summed E-state index contributed by atoms with van der Waals surface area (Å²) >= 11 is 7.38. The number of benzene rings is 2. The maximum Gasteiger partial charge on any atom is 0.197 e. The molecule has 0 bridgehead atoms. The van der Waals surface area contributed by atoms with Crippen molar-refractivity contribution in [2.45, 2.75) is 16.8 Å². The van der Waals surface area contributed by atoms with Gasteiger partial charge < -0.3 is 9.30 Å². The van der Waals surface area contributed by atoms with Gasteiger partial charge in [-0.25, -0.2) is 14.4 Å². The summed E-state index contributed by atoms with van der Waals surface area (Å²) in [5.74, 6) is 0.819. The van der Waals surface area contributed by atoms with Crippen LogP contribution in [0.5, 0.6) is 5.75 Å². The van der Waals surface area contributed by atoms with E-state index in [1.165, 1.54) is 24.2 Å². The predicted molar refractivity (Wildman–Crippen MR) is 100 cm³/mol. The highest BCUT2D eigenvalue weighted by atomic mass is 35.5. The second kappa shape index (κ2) is 7.50. The van der Waals surface area contributed by atoms with Crippen LogP contribution in [-0.4, -0.2) is 24.7 Å². The van der Waals surface area contributed by atoms with Crippen LogP contribution >= 0.6 is 23.4 Å². The lowest BCUT2D eigenvalue weighted by molar-refractivity contribution is 0.290. The summed E-state index contributed by atoms with van der Waals surface area (Å²) in [6, 6.07) is 12.0. The maximum atomic E-state index is 13.9. The molecule has 136 valence electrons.